The molecule has 0 saturated heterocycles. The molecule has 0 spiro atoms. The Morgan fingerprint density at radius 2 is 2.27 bits per heavy atom. The van der Waals surface area contributed by atoms with E-state index < -0.39 is 9.84 Å². The molecule has 0 N–H and O–H groups in total. The van der Waals surface area contributed by atoms with Crippen LogP contribution in [0.1, 0.15) is 19.3 Å². The molecule has 0 aromatic carbocycles. The van der Waals surface area contributed by atoms with Crippen LogP contribution in [0.25, 0.3) is 0 Å². The number of rotatable bonds is 3. The minimum absolute atomic E-state index is 0.0117. The van der Waals surface area contributed by atoms with E-state index in [9.17, 15) is 13.2 Å². The molecule has 1 aliphatic carbocycles. The molecule has 1 heterocycles. The standard InChI is InChI=1S/C9H14N2O3S/c1-15(13,14)6-5-11-9(12)7-3-2-4-8(7)10-11/h7H,2-6H2,1H3. The zero-order valence-electron chi connectivity index (χ0n) is 8.64. The fourth-order valence-electron chi connectivity index (χ4n) is 2.01. The summed E-state index contributed by atoms with van der Waals surface area (Å²) in [5.41, 5.74) is 0.938. The molecule has 2 rings (SSSR count). The molecule has 0 aromatic heterocycles. The highest BCUT2D eigenvalue weighted by Crippen LogP contribution is 2.29. The van der Waals surface area contributed by atoms with Crippen LogP contribution in [0, 0.1) is 5.92 Å². The Hall–Kier alpha value is -0.910. The minimum Gasteiger partial charge on any atom is -0.272 e. The van der Waals surface area contributed by atoms with E-state index in [0.29, 0.717) is 0 Å². The molecule has 0 radical (unpaired) electrons. The van der Waals surface area contributed by atoms with E-state index in [0.717, 1.165) is 25.0 Å². The number of amides is 1. The Kier molecular flexibility index (Phi) is 2.54. The summed E-state index contributed by atoms with van der Waals surface area (Å²) < 4.78 is 21.9. The van der Waals surface area contributed by atoms with Crippen LogP contribution in [0.15, 0.2) is 5.10 Å². The van der Waals surface area contributed by atoms with Gasteiger partial charge >= 0.3 is 0 Å². The largest absolute Gasteiger partial charge is 0.272 e. The summed E-state index contributed by atoms with van der Waals surface area (Å²) in [5, 5.41) is 5.49. The first-order valence-electron chi connectivity index (χ1n) is 5.04. The molecule has 1 fully saturated rings. The van der Waals surface area contributed by atoms with Crippen LogP contribution in [0.4, 0.5) is 0 Å². The van der Waals surface area contributed by atoms with E-state index in [2.05, 4.69) is 5.10 Å². The smallest absolute Gasteiger partial charge is 0.251 e. The van der Waals surface area contributed by atoms with Crippen molar-refractivity contribution in [3.05, 3.63) is 0 Å². The topological polar surface area (TPSA) is 66.8 Å². The predicted octanol–water partition coefficient (Wildman–Crippen LogP) is 0.0293. The van der Waals surface area contributed by atoms with E-state index in [1.54, 1.807) is 0 Å². The van der Waals surface area contributed by atoms with E-state index in [1.165, 1.54) is 11.3 Å². The number of nitrogens with zero attached hydrogens (tertiary/aromatic N) is 2. The molecule has 0 bridgehead atoms. The van der Waals surface area contributed by atoms with Gasteiger partial charge in [-0.3, -0.25) is 4.79 Å². The number of fused-ring (bicyclic) bond motifs is 1. The average Bonchev–Trinajstić information content (AvgIpc) is 2.65. The molecular formula is C9H14N2O3S. The Labute approximate surface area is 89.1 Å². The number of hydrazone groups is 1. The fraction of sp³-hybridized carbons (Fsp3) is 0.778. The van der Waals surface area contributed by atoms with Crippen LogP contribution in [0.2, 0.25) is 0 Å². The first-order chi connectivity index (χ1) is 6.97. The second-order valence-electron chi connectivity index (χ2n) is 4.13. The van der Waals surface area contributed by atoms with Gasteiger partial charge in [0.15, 0.2) is 0 Å². The lowest BCUT2D eigenvalue weighted by Gasteiger charge is -2.12. The monoisotopic (exact) mass is 230 g/mol. The molecule has 15 heavy (non-hydrogen) atoms. The summed E-state index contributed by atoms with van der Waals surface area (Å²) in [7, 11) is -3.02. The van der Waals surface area contributed by atoms with Gasteiger partial charge in [0.2, 0.25) is 0 Å². The van der Waals surface area contributed by atoms with Crippen LogP contribution in [-0.4, -0.2) is 43.6 Å². The third-order valence-corrected chi connectivity index (χ3v) is 3.73. The molecule has 1 saturated carbocycles. The van der Waals surface area contributed by atoms with E-state index in [1.807, 2.05) is 0 Å². The highest BCUT2D eigenvalue weighted by atomic mass is 32.2. The number of carbonyl (C=O) groups is 1. The molecule has 0 aromatic rings. The van der Waals surface area contributed by atoms with Gasteiger partial charge in [-0.2, -0.15) is 5.10 Å². The van der Waals surface area contributed by atoms with Gasteiger partial charge in [0.1, 0.15) is 9.84 Å². The average molecular weight is 230 g/mol. The third kappa shape index (κ3) is 2.19. The highest BCUT2D eigenvalue weighted by Gasteiger charge is 2.38. The predicted molar refractivity (Wildman–Crippen MR) is 56.2 cm³/mol. The summed E-state index contributed by atoms with van der Waals surface area (Å²) in [6.07, 6.45) is 3.94. The molecule has 2 aliphatic rings. The maximum Gasteiger partial charge on any atom is 0.251 e. The molecule has 84 valence electrons. The van der Waals surface area contributed by atoms with E-state index in [-0.39, 0.29) is 24.1 Å². The van der Waals surface area contributed by atoms with Crippen molar-refractivity contribution in [2.75, 3.05) is 18.6 Å². The SMILES string of the molecule is CS(=O)(=O)CCN1N=C2CCCC2C1=O. The lowest BCUT2D eigenvalue weighted by molar-refractivity contribution is -0.131. The number of hydrogen-bond acceptors (Lipinski definition) is 4. The van der Waals surface area contributed by atoms with Crippen molar-refractivity contribution in [2.24, 2.45) is 11.0 Å². The zero-order chi connectivity index (χ0) is 11.1. The zero-order valence-corrected chi connectivity index (χ0v) is 9.46. The Morgan fingerprint density at radius 3 is 2.87 bits per heavy atom. The summed E-state index contributed by atoms with van der Waals surface area (Å²) >= 11 is 0. The van der Waals surface area contributed by atoms with Crippen molar-refractivity contribution in [1.29, 1.82) is 0 Å². The first-order valence-corrected chi connectivity index (χ1v) is 7.10. The summed E-state index contributed by atoms with van der Waals surface area (Å²) in [6, 6.07) is 0. The Bertz CT molecular complexity index is 413. The molecule has 1 unspecified atom stereocenters. The number of carbonyl (C=O) groups excluding carboxylic acids is 1. The van der Waals surface area contributed by atoms with Crippen molar-refractivity contribution in [2.45, 2.75) is 19.3 Å². The van der Waals surface area contributed by atoms with Gasteiger partial charge in [0.25, 0.3) is 5.91 Å². The van der Waals surface area contributed by atoms with Crippen molar-refractivity contribution < 1.29 is 13.2 Å². The van der Waals surface area contributed by atoms with Crippen LogP contribution >= 0.6 is 0 Å². The van der Waals surface area contributed by atoms with Gasteiger partial charge in [-0.1, -0.05) is 0 Å². The molecule has 6 heteroatoms. The van der Waals surface area contributed by atoms with Crippen LogP contribution in [0.3, 0.4) is 0 Å². The normalized spacial score (nSPS) is 25.7. The van der Waals surface area contributed by atoms with Crippen molar-refractivity contribution >= 4 is 21.5 Å². The van der Waals surface area contributed by atoms with Gasteiger partial charge < -0.3 is 0 Å². The molecular weight excluding hydrogens is 216 g/mol. The minimum atomic E-state index is -3.02. The number of hydrogen-bond donors (Lipinski definition) is 0. The van der Waals surface area contributed by atoms with E-state index >= 15 is 0 Å². The van der Waals surface area contributed by atoms with Gasteiger partial charge in [-0.05, 0) is 19.3 Å². The van der Waals surface area contributed by atoms with Gasteiger partial charge in [-0.15, -0.1) is 0 Å². The fourth-order valence-corrected chi connectivity index (χ4v) is 2.52. The summed E-state index contributed by atoms with van der Waals surface area (Å²) in [6.45, 7) is 0.192. The maximum absolute atomic E-state index is 11.7. The van der Waals surface area contributed by atoms with Crippen molar-refractivity contribution in [3.63, 3.8) is 0 Å². The van der Waals surface area contributed by atoms with Gasteiger partial charge in [0.05, 0.1) is 23.9 Å². The second-order valence-corrected chi connectivity index (χ2v) is 6.39. The number of sulfone groups is 1. The molecule has 1 aliphatic heterocycles. The van der Waals surface area contributed by atoms with Crippen molar-refractivity contribution in [3.8, 4) is 0 Å². The van der Waals surface area contributed by atoms with Gasteiger partial charge in [0, 0.05) is 6.26 Å². The molecule has 1 amide bonds. The Balaban J connectivity index is 2.01. The summed E-state index contributed by atoms with van der Waals surface area (Å²) in [4.78, 5) is 11.7. The van der Waals surface area contributed by atoms with Crippen LogP contribution in [0.5, 0.6) is 0 Å². The lowest BCUT2D eigenvalue weighted by Crippen LogP contribution is -2.30. The Morgan fingerprint density at radius 1 is 1.53 bits per heavy atom. The lowest BCUT2D eigenvalue weighted by atomic mass is 10.1. The van der Waals surface area contributed by atoms with Crippen molar-refractivity contribution in [1.82, 2.24) is 5.01 Å². The first kappa shape index (κ1) is 10.6. The quantitative estimate of drug-likeness (QED) is 0.687. The van der Waals surface area contributed by atoms with E-state index in [4.69, 9.17) is 0 Å². The van der Waals surface area contributed by atoms with Crippen LogP contribution in [-0.2, 0) is 14.6 Å². The molecule has 5 nitrogen and oxygen atoms in total. The summed E-state index contributed by atoms with van der Waals surface area (Å²) in [5.74, 6) is -0.0851. The maximum atomic E-state index is 11.7. The highest BCUT2D eigenvalue weighted by molar-refractivity contribution is 7.90. The molecule has 1 atom stereocenters. The van der Waals surface area contributed by atoms with Crippen LogP contribution < -0.4 is 0 Å². The van der Waals surface area contributed by atoms with Gasteiger partial charge in [-0.25, -0.2) is 13.4 Å². The second kappa shape index (κ2) is 3.59. The third-order valence-electron chi connectivity index (χ3n) is 2.80.